The summed E-state index contributed by atoms with van der Waals surface area (Å²) in [6.07, 6.45) is 7.59. The molecule has 4 rings (SSSR count). The minimum absolute atomic E-state index is 0.163. The fourth-order valence-electron chi connectivity index (χ4n) is 4.73. The summed E-state index contributed by atoms with van der Waals surface area (Å²) in [6.45, 7) is 3.49. The highest BCUT2D eigenvalue weighted by Gasteiger charge is 2.24. The summed E-state index contributed by atoms with van der Waals surface area (Å²) in [7, 11) is 1.89. The Morgan fingerprint density at radius 2 is 1.94 bits per heavy atom. The smallest absolute Gasteiger partial charge is 0.258 e. The maximum atomic E-state index is 12.9. The first kappa shape index (κ1) is 24.5. The van der Waals surface area contributed by atoms with Crippen LogP contribution in [0.15, 0.2) is 46.9 Å². The van der Waals surface area contributed by atoms with E-state index < -0.39 is 0 Å². The van der Waals surface area contributed by atoms with Gasteiger partial charge in [-0.2, -0.15) is 0 Å². The summed E-state index contributed by atoms with van der Waals surface area (Å²) in [5.74, 6) is 0.774. The number of rotatable bonds is 8. The van der Waals surface area contributed by atoms with Crippen LogP contribution < -0.4 is 5.32 Å². The third kappa shape index (κ3) is 5.69. The second-order valence-electron chi connectivity index (χ2n) is 9.26. The van der Waals surface area contributed by atoms with Crippen LogP contribution >= 0.6 is 15.9 Å². The summed E-state index contributed by atoms with van der Waals surface area (Å²) >= 11 is 3.43. The van der Waals surface area contributed by atoms with Crippen molar-refractivity contribution in [1.82, 2.24) is 14.5 Å². The van der Waals surface area contributed by atoms with Gasteiger partial charge in [0.1, 0.15) is 0 Å². The zero-order valence-electron chi connectivity index (χ0n) is 20.0. The lowest BCUT2D eigenvalue weighted by atomic mass is 9.88. The molecule has 0 spiro atoms. The summed E-state index contributed by atoms with van der Waals surface area (Å²) in [6, 6.07) is 13.5. The van der Waals surface area contributed by atoms with Gasteiger partial charge in [0.2, 0.25) is 11.9 Å². The minimum Gasteiger partial charge on any atom is -0.341 e. The summed E-state index contributed by atoms with van der Waals surface area (Å²) < 4.78 is 2.94. The van der Waals surface area contributed by atoms with E-state index in [4.69, 9.17) is 4.98 Å². The number of aryl methyl sites for hydroxylation is 1. The Labute approximate surface area is 209 Å². The van der Waals surface area contributed by atoms with Crippen molar-refractivity contribution < 1.29 is 9.59 Å². The van der Waals surface area contributed by atoms with Gasteiger partial charge in [0.25, 0.3) is 5.91 Å². The van der Waals surface area contributed by atoms with Gasteiger partial charge in [-0.15, -0.1) is 0 Å². The van der Waals surface area contributed by atoms with Crippen molar-refractivity contribution in [2.45, 2.75) is 65.0 Å². The Kier molecular flexibility index (Phi) is 8.03. The van der Waals surface area contributed by atoms with Gasteiger partial charge in [-0.25, -0.2) is 4.98 Å². The van der Waals surface area contributed by atoms with Gasteiger partial charge in [0.05, 0.1) is 11.0 Å². The molecule has 2 amide bonds. The number of imidazole rings is 1. The Hall–Kier alpha value is -2.67. The number of amides is 2. The van der Waals surface area contributed by atoms with Crippen molar-refractivity contribution in [3.05, 3.63) is 58.1 Å². The van der Waals surface area contributed by atoms with E-state index in [1.165, 1.54) is 6.42 Å². The van der Waals surface area contributed by atoms with Crippen molar-refractivity contribution in [2.75, 3.05) is 12.4 Å². The molecule has 1 N–H and O–H groups in total. The van der Waals surface area contributed by atoms with Crippen LogP contribution in [0.25, 0.3) is 11.0 Å². The Balaban J connectivity index is 1.55. The predicted molar refractivity (Wildman–Crippen MR) is 140 cm³/mol. The summed E-state index contributed by atoms with van der Waals surface area (Å²) in [5, 5.41) is 3.00. The van der Waals surface area contributed by atoms with Crippen LogP contribution in [0.2, 0.25) is 0 Å². The van der Waals surface area contributed by atoms with Gasteiger partial charge < -0.3 is 9.47 Å². The number of anilines is 1. The predicted octanol–water partition coefficient (Wildman–Crippen LogP) is 6.39. The van der Waals surface area contributed by atoms with Crippen molar-refractivity contribution in [3.8, 4) is 0 Å². The number of unbranched alkanes of at least 4 members (excludes halogenated alkanes) is 1. The molecule has 6 nitrogen and oxygen atoms in total. The topological polar surface area (TPSA) is 67.2 Å². The van der Waals surface area contributed by atoms with Crippen LogP contribution in [0.5, 0.6) is 0 Å². The van der Waals surface area contributed by atoms with Crippen molar-refractivity contribution in [3.63, 3.8) is 0 Å². The first-order valence-corrected chi connectivity index (χ1v) is 13.1. The lowest BCUT2D eigenvalue weighted by Crippen LogP contribution is -2.33. The van der Waals surface area contributed by atoms with Crippen molar-refractivity contribution in [1.29, 1.82) is 0 Å². The number of nitrogens with one attached hydrogen (secondary N) is 1. The largest absolute Gasteiger partial charge is 0.341 e. The molecule has 1 fully saturated rings. The number of carbonyl (C=O) groups is 2. The molecule has 0 aliphatic heterocycles. The maximum Gasteiger partial charge on any atom is 0.258 e. The van der Waals surface area contributed by atoms with Gasteiger partial charge in [-0.05, 0) is 55.2 Å². The molecule has 0 unspecified atom stereocenters. The van der Waals surface area contributed by atoms with Crippen LogP contribution in [0, 0.1) is 5.92 Å². The van der Waals surface area contributed by atoms with E-state index in [1.54, 1.807) is 12.1 Å². The van der Waals surface area contributed by atoms with E-state index in [9.17, 15) is 9.59 Å². The second-order valence-corrected chi connectivity index (χ2v) is 10.2. The van der Waals surface area contributed by atoms with Crippen LogP contribution in [-0.4, -0.2) is 33.3 Å². The van der Waals surface area contributed by atoms with Gasteiger partial charge in [0, 0.05) is 36.1 Å². The molecule has 0 bridgehead atoms. The van der Waals surface area contributed by atoms with Crippen molar-refractivity contribution >= 4 is 44.7 Å². The van der Waals surface area contributed by atoms with E-state index in [1.807, 2.05) is 30.1 Å². The van der Waals surface area contributed by atoms with Crippen LogP contribution in [-0.2, 0) is 17.9 Å². The SMILES string of the molecule is CCCCn1c(NC(=O)c2cccc(Br)c2)nc2cc(CN(C)C(=O)C3CCCCC3)ccc21. The fraction of sp³-hybridized carbons (Fsp3) is 0.444. The molecule has 3 aromatic rings. The van der Waals surface area contributed by atoms with E-state index in [2.05, 4.69) is 44.9 Å². The second kappa shape index (κ2) is 11.2. The van der Waals surface area contributed by atoms with Crippen LogP contribution in [0.1, 0.15) is 67.8 Å². The highest BCUT2D eigenvalue weighted by atomic mass is 79.9. The zero-order valence-corrected chi connectivity index (χ0v) is 21.6. The molecule has 7 heteroatoms. The molecular weight excluding hydrogens is 492 g/mol. The number of benzene rings is 2. The van der Waals surface area contributed by atoms with Gasteiger partial charge in [-0.1, -0.05) is 60.7 Å². The fourth-order valence-corrected chi connectivity index (χ4v) is 5.13. The quantitative estimate of drug-likeness (QED) is 0.371. The monoisotopic (exact) mass is 524 g/mol. The van der Waals surface area contributed by atoms with E-state index in [0.717, 1.165) is 66.1 Å². The standard InChI is InChI=1S/C27H33BrN4O2/c1-3-4-15-32-24-14-13-19(18-31(2)26(34)20-9-6-5-7-10-20)16-23(24)29-27(32)30-25(33)21-11-8-12-22(28)17-21/h8,11-14,16-17,20H,3-7,9-10,15,18H2,1-2H3,(H,29,30,33). The lowest BCUT2D eigenvalue weighted by Gasteiger charge is -2.26. The molecule has 2 aromatic carbocycles. The molecule has 0 saturated heterocycles. The van der Waals surface area contributed by atoms with Gasteiger partial charge >= 0.3 is 0 Å². The Morgan fingerprint density at radius 3 is 2.68 bits per heavy atom. The molecule has 34 heavy (non-hydrogen) atoms. The van der Waals surface area contributed by atoms with E-state index >= 15 is 0 Å². The number of halogens is 1. The van der Waals surface area contributed by atoms with Gasteiger partial charge in [-0.3, -0.25) is 14.9 Å². The highest BCUT2D eigenvalue weighted by Crippen LogP contribution is 2.27. The normalized spacial score (nSPS) is 14.3. The molecule has 1 heterocycles. The first-order valence-electron chi connectivity index (χ1n) is 12.3. The number of nitrogens with zero attached hydrogens (tertiary/aromatic N) is 3. The van der Waals surface area contributed by atoms with Gasteiger partial charge in [0.15, 0.2) is 0 Å². The number of carbonyl (C=O) groups excluding carboxylic acids is 2. The number of aromatic nitrogens is 2. The summed E-state index contributed by atoms with van der Waals surface area (Å²) in [4.78, 5) is 32.4. The first-order chi connectivity index (χ1) is 16.5. The molecule has 0 atom stereocenters. The molecule has 1 aromatic heterocycles. The zero-order chi connectivity index (χ0) is 24.1. The molecule has 1 aliphatic rings. The van der Waals surface area contributed by atoms with Crippen LogP contribution in [0.4, 0.5) is 5.95 Å². The average Bonchev–Trinajstić information content (AvgIpc) is 3.18. The number of hydrogen-bond acceptors (Lipinski definition) is 3. The Bertz CT molecular complexity index is 1170. The maximum absolute atomic E-state index is 12.9. The van der Waals surface area contributed by atoms with Crippen molar-refractivity contribution in [2.24, 2.45) is 5.92 Å². The minimum atomic E-state index is -0.188. The summed E-state index contributed by atoms with van der Waals surface area (Å²) in [5.41, 5.74) is 3.44. The van der Waals surface area contributed by atoms with E-state index in [-0.39, 0.29) is 17.7 Å². The lowest BCUT2D eigenvalue weighted by molar-refractivity contribution is -0.135. The molecule has 1 saturated carbocycles. The third-order valence-corrected chi connectivity index (χ3v) is 7.10. The average molecular weight is 525 g/mol. The van der Waals surface area contributed by atoms with Crippen LogP contribution in [0.3, 0.4) is 0 Å². The molecule has 1 aliphatic carbocycles. The molecule has 0 radical (unpaired) electrons. The third-order valence-electron chi connectivity index (χ3n) is 6.61. The molecular formula is C27H33BrN4O2. The number of fused-ring (bicyclic) bond motifs is 1. The number of hydrogen-bond donors (Lipinski definition) is 1. The Morgan fingerprint density at radius 1 is 1.15 bits per heavy atom. The van der Waals surface area contributed by atoms with E-state index in [0.29, 0.717) is 18.1 Å². The highest BCUT2D eigenvalue weighted by molar-refractivity contribution is 9.10. The molecule has 180 valence electrons.